The zero-order chi connectivity index (χ0) is 15.0. The molecule has 106 valence electrons. The lowest BCUT2D eigenvalue weighted by Crippen LogP contribution is -2.26. The Hall–Kier alpha value is -2.62. The predicted molar refractivity (Wildman–Crippen MR) is 82.7 cm³/mol. The van der Waals surface area contributed by atoms with Crippen LogP contribution in [0.4, 0.5) is 11.4 Å². The summed E-state index contributed by atoms with van der Waals surface area (Å²) in [5, 5.41) is 2.77. The van der Waals surface area contributed by atoms with Crippen molar-refractivity contribution >= 4 is 23.2 Å². The average Bonchev–Trinajstić information content (AvgIpc) is 2.85. The van der Waals surface area contributed by atoms with Crippen molar-refractivity contribution in [2.75, 3.05) is 17.3 Å². The number of anilines is 2. The van der Waals surface area contributed by atoms with Gasteiger partial charge in [-0.1, -0.05) is 23.8 Å². The summed E-state index contributed by atoms with van der Waals surface area (Å²) >= 11 is 0. The molecule has 2 aromatic carbocycles. The lowest BCUT2D eigenvalue weighted by molar-refractivity contribution is -0.115. The van der Waals surface area contributed by atoms with Crippen molar-refractivity contribution in [1.29, 1.82) is 0 Å². The maximum absolute atomic E-state index is 12.5. The zero-order valence-corrected chi connectivity index (χ0v) is 12.0. The van der Waals surface area contributed by atoms with Gasteiger partial charge < -0.3 is 10.2 Å². The lowest BCUT2D eigenvalue weighted by atomic mass is 10.1. The fraction of sp³-hybridized carbons (Fsp3) is 0.176. The Balaban J connectivity index is 1.87. The van der Waals surface area contributed by atoms with Gasteiger partial charge in [0.15, 0.2) is 0 Å². The van der Waals surface area contributed by atoms with Crippen molar-refractivity contribution in [2.45, 2.75) is 13.3 Å². The Morgan fingerprint density at radius 1 is 1.14 bits per heavy atom. The maximum atomic E-state index is 12.5. The first-order valence-corrected chi connectivity index (χ1v) is 6.82. The first-order chi connectivity index (χ1) is 10.0. The van der Waals surface area contributed by atoms with E-state index in [0.29, 0.717) is 12.0 Å². The van der Waals surface area contributed by atoms with Gasteiger partial charge in [-0.15, -0.1) is 0 Å². The van der Waals surface area contributed by atoms with E-state index in [1.165, 1.54) is 0 Å². The number of hydrogen-bond donors (Lipinski definition) is 1. The average molecular weight is 280 g/mol. The van der Waals surface area contributed by atoms with E-state index in [-0.39, 0.29) is 11.8 Å². The minimum atomic E-state index is -0.0946. The molecular formula is C17H16N2O2. The van der Waals surface area contributed by atoms with Crippen LogP contribution in [0.25, 0.3) is 0 Å². The quantitative estimate of drug-likeness (QED) is 0.919. The minimum Gasteiger partial charge on any atom is -0.326 e. The molecule has 0 atom stereocenters. The van der Waals surface area contributed by atoms with Gasteiger partial charge in [-0.05, 0) is 36.8 Å². The van der Waals surface area contributed by atoms with Crippen molar-refractivity contribution in [3.63, 3.8) is 0 Å². The van der Waals surface area contributed by atoms with E-state index in [1.807, 2.05) is 37.3 Å². The van der Waals surface area contributed by atoms with E-state index in [9.17, 15) is 9.59 Å². The number of carbonyl (C=O) groups excluding carboxylic acids is 2. The van der Waals surface area contributed by atoms with Gasteiger partial charge in [0.1, 0.15) is 0 Å². The third-order valence-corrected chi connectivity index (χ3v) is 3.71. The van der Waals surface area contributed by atoms with Crippen LogP contribution in [-0.4, -0.2) is 18.9 Å². The van der Waals surface area contributed by atoms with Crippen LogP contribution >= 0.6 is 0 Å². The molecule has 0 radical (unpaired) electrons. The first kappa shape index (κ1) is 13.4. The van der Waals surface area contributed by atoms with Crippen LogP contribution in [0.5, 0.6) is 0 Å². The van der Waals surface area contributed by atoms with Gasteiger partial charge in [0.25, 0.3) is 5.91 Å². The fourth-order valence-electron chi connectivity index (χ4n) is 2.43. The van der Waals surface area contributed by atoms with E-state index < -0.39 is 0 Å². The summed E-state index contributed by atoms with van der Waals surface area (Å²) in [7, 11) is 1.75. The molecule has 21 heavy (non-hydrogen) atoms. The van der Waals surface area contributed by atoms with Gasteiger partial charge in [0, 0.05) is 24.0 Å². The molecule has 1 aliphatic rings. The van der Waals surface area contributed by atoms with Crippen LogP contribution in [0.2, 0.25) is 0 Å². The Kier molecular flexibility index (Phi) is 3.22. The second-order valence-corrected chi connectivity index (χ2v) is 5.30. The number of fused-ring (bicyclic) bond motifs is 1. The molecule has 1 heterocycles. The predicted octanol–water partition coefficient (Wildman–Crippen LogP) is 2.77. The molecule has 4 heteroatoms. The van der Waals surface area contributed by atoms with Crippen LogP contribution in [0.1, 0.15) is 21.5 Å². The summed E-state index contributed by atoms with van der Waals surface area (Å²) in [5.41, 5.74) is 4.24. The summed E-state index contributed by atoms with van der Waals surface area (Å²) in [4.78, 5) is 25.5. The number of nitrogens with zero attached hydrogens (tertiary/aromatic N) is 1. The van der Waals surface area contributed by atoms with Gasteiger partial charge in [0.05, 0.1) is 6.42 Å². The normalized spacial score (nSPS) is 12.8. The summed E-state index contributed by atoms with van der Waals surface area (Å²) in [6, 6.07) is 13.1. The summed E-state index contributed by atoms with van der Waals surface area (Å²) in [5.74, 6) is -0.121. The van der Waals surface area contributed by atoms with E-state index in [0.717, 1.165) is 22.5 Å². The van der Waals surface area contributed by atoms with Crippen molar-refractivity contribution in [1.82, 2.24) is 0 Å². The van der Waals surface area contributed by atoms with Gasteiger partial charge in [0.2, 0.25) is 5.91 Å². The van der Waals surface area contributed by atoms with Gasteiger partial charge in [-0.2, -0.15) is 0 Å². The number of rotatable bonds is 2. The highest BCUT2D eigenvalue weighted by Crippen LogP contribution is 2.25. The van der Waals surface area contributed by atoms with Crippen LogP contribution in [0, 0.1) is 6.92 Å². The Morgan fingerprint density at radius 3 is 2.57 bits per heavy atom. The van der Waals surface area contributed by atoms with E-state index in [1.54, 1.807) is 24.1 Å². The first-order valence-electron chi connectivity index (χ1n) is 6.82. The molecular weight excluding hydrogens is 264 g/mol. The van der Waals surface area contributed by atoms with Crippen LogP contribution < -0.4 is 10.2 Å². The number of amides is 2. The standard InChI is InChI=1S/C17H16N2O2/c1-11-3-7-14(8-4-11)19(2)17(21)13-6-5-12-10-16(20)18-15(12)9-13/h3-9H,10H2,1-2H3,(H,18,20). The second-order valence-electron chi connectivity index (χ2n) is 5.30. The van der Waals surface area contributed by atoms with Crippen LogP contribution in [-0.2, 0) is 11.2 Å². The number of hydrogen-bond acceptors (Lipinski definition) is 2. The smallest absolute Gasteiger partial charge is 0.258 e. The highest BCUT2D eigenvalue weighted by Gasteiger charge is 2.20. The van der Waals surface area contributed by atoms with Crippen molar-refractivity contribution in [3.8, 4) is 0 Å². The fourth-order valence-corrected chi connectivity index (χ4v) is 2.43. The molecule has 3 rings (SSSR count). The molecule has 4 nitrogen and oxygen atoms in total. The monoisotopic (exact) mass is 280 g/mol. The van der Waals surface area contributed by atoms with E-state index in [2.05, 4.69) is 5.32 Å². The third kappa shape index (κ3) is 2.52. The third-order valence-electron chi connectivity index (χ3n) is 3.71. The number of benzene rings is 2. The molecule has 1 aliphatic heterocycles. The highest BCUT2D eigenvalue weighted by molar-refractivity contribution is 6.08. The van der Waals surface area contributed by atoms with E-state index >= 15 is 0 Å². The highest BCUT2D eigenvalue weighted by atomic mass is 16.2. The summed E-state index contributed by atoms with van der Waals surface area (Å²) < 4.78 is 0. The Labute approximate surface area is 123 Å². The van der Waals surface area contributed by atoms with Crippen LogP contribution in [0.15, 0.2) is 42.5 Å². The molecule has 0 aliphatic carbocycles. The molecule has 0 fully saturated rings. The van der Waals surface area contributed by atoms with Crippen molar-refractivity contribution < 1.29 is 9.59 Å². The molecule has 0 saturated carbocycles. The van der Waals surface area contributed by atoms with E-state index in [4.69, 9.17) is 0 Å². The molecule has 0 saturated heterocycles. The molecule has 0 bridgehead atoms. The molecule has 0 aromatic heterocycles. The molecule has 0 spiro atoms. The van der Waals surface area contributed by atoms with Crippen molar-refractivity contribution in [3.05, 3.63) is 59.2 Å². The maximum Gasteiger partial charge on any atom is 0.258 e. The molecule has 2 amide bonds. The zero-order valence-electron chi connectivity index (χ0n) is 12.0. The van der Waals surface area contributed by atoms with Gasteiger partial charge in [-0.25, -0.2) is 0 Å². The lowest BCUT2D eigenvalue weighted by Gasteiger charge is -2.18. The minimum absolute atomic E-state index is 0.0264. The molecule has 0 unspecified atom stereocenters. The number of aryl methyl sites for hydroxylation is 1. The Morgan fingerprint density at radius 2 is 1.86 bits per heavy atom. The number of nitrogens with one attached hydrogen (secondary N) is 1. The Bertz CT molecular complexity index is 720. The SMILES string of the molecule is Cc1ccc(N(C)C(=O)c2ccc3c(c2)NC(=O)C3)cc1. The van der Waals surface area contributed by atoms with Gasteiger partial charge in [-0.3, -0.25) is 9.59 Å². The topological polar surface area (TPSA) is 49.4 Å². The van der Waals surface area contributed by atoms with Gasteiger partial charge >= 0.3 is 0 Å². The summed E-state index contributed by atoms with van der Waals surface area (Å²) in [6.07, 6.45) is 0.387. The van der Waals surface area contributed by atoms with Crippen LogP contribution in [0.3, 0.4) is 0 Å². The molecule has 2 aromatic rings. The second kappa shape index (κ2) is 5.05. The number of carbonyl (C=O) groups is 2. The molecule has 1 N–H and O–H groups in total. The summed E-state index contributed by atoms with van der Waals surface area (Å²) in [6.45, 7) is 2.01. The van der Waals surface area contributed by atoms with Crippen molar-refractivity contribution in [2.24, 2.45) is 0 Å². The largest absolute Gasteiger partial charge is 0.326 e.